The Morgan fingerprint density at radius 2 is 1.58 bits per heavy atom. The van der Waals surface area contributed by atoms with E-state index in [2.05, 4.69) is 10.3 Å². The molecule has 12 heteroatoms. The van der Waals surface area contributed by atoms with Crippen LogP contribution in [0.15, 0.2) is 70.8 Å². The molecular formula is C31H34F3N4O3S2+. The van der Waals surface area contributed by atoms with Crippen molar-refractivity contribution < 1.29 is 31.9 Å². The van der Waals surface area contributed by atoms with Crippen LogP contribution in [-0.2, 0) is 11.5 Å². The molecule has 0 saturated carbocycles. The molecule has 0 aliphatic heterocycles. The topological polar surface area (TPSA) is 65.4 Å². The molecule has 0 aliphatic rings. The average Bonchev–Trinajstić information content (AvgIpc) is 3.37. The van der Waals surface area contributed by atoms with E-state index in [1.807, 2.05) is 43.9 Å². The molecular weight excluding hydrogens is 597 g/mol. The summed E-state index contributed by atoms with van der Waals surface area (Å²) in [6, 6.07) is 13.7. The highest BCUT2D eigenvalue weighted by molar-refractivity contribution is 7.98. The first-order valence-electron chi connectivity index (χ1n) is 13.4. The summed E-state index contributed by atoms with van der Waals surface area (Å²) in [5.74, 6) is -0.883. The fraction of sp³-hybridized carbons (Fsp3) is 0.290. The van der Waals surface area contributed by atoms with Crippen molar-refractivity contribution in [1.82, 2.24) is 14.9 Å². The number of carbonyl (C=O) groups excluding carboxylic acids is 1. The molecule has 3 aromatic carbocycles. The number of carbonyl (C=O) groups is 1. The number of ether oxygens (including phenoxy) is 2. The Hall–Kier alpha value is -3.61. The van der Waals surface area contributed by atoms with Crippen molar-refractivity contribution in [2.45, 2.75) is 21.6 Å². The van der Waals surface area contributed by atoms with Gasteiger partial charge in [-0.2, -0.15) is 0 Å². The monoisotopic (exact) mass is 631 g/mol. The largest absolute Gasteiger partial charge is 0.493 e. The molecule has 0 fully saturated rings. The number of thioether (sulfide) groups is 2. The standard InChI is InChI=1S/C31H33F3N4O3S2/c1-38(2,3)13-12-35-30(39)20-14-26(33)25(27(34)15-20)19-43-31-36-17-23(37(31)22-8-6-21(32)7-9-22)18-42-24-10-11-28(40-4)29(16-24)41-5/h6-11,14-17H,12-13,18-19H2,1-5H3/p+1. The summed E-state index contributed by atoms with van der Waals surface area (Å²) < 4.78 is 57.0. The van der Waals surface area contributed by atoms with E-state index in [1.165, 1.54) is 23.9 Å². The lowest BCUT2D eigenvalue weighted by atomic mass is 10.1. The van der Waals surface area contributed by atoms with E-state index < -0.39 is 17.5 Å². The van der Waals surface area contributed by atoms with Crippen molar-refractivity contribution in [3.8, 4) is 17.2 Å². The first-order valence-corrected chi connectivity index (χ1v) is 15.3. The molecule has 228 valence electrons. The zero-order valence-electron chi connectivity index (χ0n) is 24.6. The number of hydrogen-bond donors (Lipinski definition) is 1. The first-order chi connectivity index (χ1) is 20.5. The lowest BCUT2D eigenvalue weighted by Gasteiger charge is -2.23. The maximum Gasteiger partial charge on any atom is 0.251 e. The molecule has 4 rings (SSSR count). The second-order valence-corrected chi connectivity index (χ2v) is 12.6. The summed E-state index contributed by atoms with van der Waals surface area (Å²) in [7, 11) is 9.10. The van der Waals surface area contributed by atoms with Crippen LogP contribution in [0.1, 0.15) is 21.6 Å². The van der Waals surface area contributed by atoms with E-state index in [1.54, 1.807) is 32.5 Å². The Kier molecular flexibility index (Phi) is 10.7. The Morgan fingerprint density at radius 3 is 2.21 bits per heavy atom. The van der Waals surface area contributed by atoms with Crippen LogP contribution in [0.25, 0.3) is 5.69 Å². The number of rotatable bonds is 13. The van der Waals surface area contributed by atoms with E-state index in [9.17, 15) is 9.18 Å². The number of benzene rings is 3. The third-order valence-corrected chi connectivity index (χ3v) is 8.45. The number of imidazole rings is 1. The minimum Gasteiger partial charge on any atom is -0.493 e. The second kappa shape index (κ2) is 14.2. The van der Waals surface area contributed by atoms with Crippen molar-refractivity contribution >= 4 is 29.4 Å². The van der Waals surface area contributed by atoms with Crippen LogP contribution in [0.3, 0.4) is 0 Å². The molecule has 1 heterocycles. The van der Waals surface area contributed by atoms with Crippen molar-refractivity contribution in [2.24, 2.45) is 0 Å². The molecule has 7 nitrogen and oxygen atoms in total. The Balaban J connectivity index is 1.53. The predicted octanol–water partition coefficient (Wildman–Crippen LogP) is 6.33. The van der Waals surface area contributed by atoms with Gasteiger partial charge in [-0.1, -0.05) is 11.8 Å². The summed E-state index contributed by atoms with van der Waals surface area (Å²) in [6.07, 6.45) is 1.69. The molecule has 0 bridgehead atoms. The number of aromatic nitrogens is 2. The minimum atomic E-state index is -0.812. The fourth-order valence-corrected chi connectivity index (χ4v) is 6.02. The van der Waals surface area contributed by atoms with Crippen LogP contribution >= 0.6 is 23.5 Å². The van der Waals surface area contributed by atoms with Gasteiger partial charge in [0.2, 0.25) is 0 Å². The van der Waals surface area contributed by atoms with Crippen LogP contribution in [-0.4, -0.2) is 68.4 Å². The van der Waals surface area contributed by atoms with Gasteiger partial charge in [0.15, 0.2) is 16.7 Å². The third kappa shape index (κ3) is 8.49. The number of nitrogens with one attached hydrogen (secondary N) is 1. The van der Waals surface area contributed by atoms with Gasteiger partial charge in [-0.05, 0) is 54.6 Å². The highest BCUT2D eigenvalue weighted by Crippen LogP contribution is 2.35. The summed E-state index contributed by atoms with van der Waals surface area (Å²) in [6.45, 7) is 1.04. The first kappa shape index (κ1) is 32.3. The van der Waals surface area contributed by atoms with Crippen LogP contribution in [0, 0.1) is 17.5 Å². The van der Waals surface area contributed by atoms with Crippen molar-refractivity contribution in [1.29, 1.82) is 0 Å². The highest BCUT2D eigenvalue weighted by atomic mass is 32.2. The number of quaternary nitrogens is 1. The number of amides is 1. The molecule has 0 unspecified atom stereocenters. The van der Waals surface area contributed by atoms with Crippen LogP contribution in [0.5, 0.6) is 11.5 Å². The lowest BCUT2D eigenvalue weighted by Crippen LogP contribution is -2.41. The molecule has 1 N–H and O–H groups in total. The number of hydrogen-bond acceptors (Lipinski definition) is 6. The zero-order valence-corrected chi connectivity index (χ0v) is 26.3. The molecule has 1 aromatic heterocycles. The SMILES string of the molecule is COc1ccc(SCc2cnc(SCc3c(F)cc(C(=O)NCC[N+](C)(C)C)cc3F)n2-c2ccc(F)cc2)cc1OC. The predicted molar refractivity (Wildman–Crippen MR) is 164 cm³/mol. The summed E-state index contributed by atoms with van der Waals surface area (Å²) >= 11 is 2.68. The maximum atomic E-state index is 15.1. The Morgan fingerprint density at radius 1 is 0.907 bits per heavy atom. The lowest BCUT2D eigenvalue weighted by molar-refractivity contribution is -0.869. The molecule has 43 heavy (non-hydrogen) atoms. The maximum absolute atomic E-state index is 15.1. The van der Waals surface area contributed by atoms with Crippen LogP contribution < -0.4 is 14.8 Å². The molecule has 0 radical (unpaired) electrons. The smallest absolute Gasteiger partial charge is 0.251 e. The summed E-state index contributed by atoms with van der Waals surface area (Å²) in [5.41, 5.74) is 1.22. The van der Waals surface area contributed by atoms with Gasteiger partial charge in [0.1, 0.15) is 17.5 Å². The number of nitrogens with zero attached hydrogens (tertiary/aromatic N) is 3. The van der Waals surface area contributed by atoms with Gasteiger partial charge >= 0.3 is 0 Å². The number of halogens is 3. The third-order valence-electron chi connectivity index (χ3n) is 6.45. The molecule has 0 atom stereocenters. The quantitative estimate of drug-likeness (QED) is 0.138. The second-order valence-electron chi connectivity index (χ2n) is 10.6. The van der Waals surface area contributed by atoms with E-state index in [4.69, 9.17) is 9.47 Å². The Labute approximate surface area is 258 Å². The summed E-state index contributed by atoms with van der Waals surface area (Å²) in [5, 5.41) is 3.19. The number of methoxy groups -OCH3 is 2. The van der Waals surface area contributed by atoms with Crippen molar-refractivity contribution in [2.75, 3.05) is 48.5 Å². The molecule has 0 spiro atoms. The average molecular weight is 632 g/mol. The van der Waals surface area contributed by atoms with Gasteiger partial charge in [-0.15, -0.1) is 11.8 Å². The van der Waals surface area contributed by atoms with E-state index in [0.29, 0.717) is 45.7 Å². The van der Waals surface area contributed by atoms with Gasteiger partial charge in [0, 0.05) is 33.2 Å². The van der Waals surface area contributed by atoms with Gasteiger partial charge in [0.05, 0.1) is 60.3 Å². The zero-order chi connectivity index (χ0) is 31.1. The van der Waals surface area contributed by atoms with Crippen molar-refractivity contribution in [3.63, 3.8) is 0 Å². The van der Waals surface area contributed by atoms with E-state index in [0.717, 1.165) is 34.5 Å². The molecule has 1 amide bonds. The van der Waals surface area contributed by atoms with Crippen molar-refractivity contribution in [3.05, 3.63) is 95.1 Å². The van der Waals surface area contributed by atoms with Crippen LogP contribution in [0.4, 0.5) is 13.2 Å². The van der Waals surface area contributed by atoms with Gasteiger partial charge in [-0.3, -0.25) is 9.36 Å². The Bertz CT molecular complexity index is 1550. The van der Waals surface area contributed by atoms with Gasteiger partial charge in [-0.25, -0.2) is 18.2 Å². The van der Waals surface area contributed by atoms with Crippen LogP contribution in [0.2, 0.25) is 0 Å². The molecule has 0 saturated heterocycles. The van der Waals surface area contributed by atoms with Gasteiger partial charge < -0.3 is 19.3 Å². The van der Waals surface area contributed by atoms with E-state index in [-0.39, 0.29) is 22.7 Å². The normalized spacial score (nSPS) is 11.4. The summed E-state index contributed by atoms with van der Waals surface area (Å²) in [4.78, 5) is 17.9. The minimum absolute atomic E-state index is 0.0679. The van der Waals surface area contributed by atoms with E-state index >= 15 is 8.78 Å². The highest BCUT2D eigenvalue weighted by Gasteiger charge is 2.19. The number of likely N-dealkylation sites (N-methyl/N-ethyl adjacent to an activating group) is 1. The fourth-order valence-electron chi connectivity index (χ4n) is 4.12. The molecule has 4 aromatic rings. The van der Waals surface area contributed by atoms with Gasteiger partial charge in [0.25, 0.3) is 5.91 Å². The molecule has 0 aliphatic carbocycles.